The fourth-order valence-corrected chi connectivity index (χ4v) is 3.16. The van der Waals surface area contributed by atoms with Crippen molar-refractivity contribution < 1.29 is 27.4 Å². The van der Waals surface area contributed by atoms with Crippen molar-refractivity contribution in [3.8, 4) is 11.8 Å². The van der Waals surface area contributed by atoms with Crippen LogP contribution in [0.4, 0.5) is 30.8 Å². The summed E-state index contributed by atoms with van der Waals surface area (Å²) in [6.07, 6.45) is -3.74. The Morgan fingerprint density at radius 1 is 0.947 bits per heavy atom. The van der Waals surface area contributed by atoms with Gasteiger partial charge in [-0.2, -0.15) is 28.1 Å². The molecule has 0 aliphatic rings. The molecule has 0 aliphatic carbocycles. The summed E-state index contributed by atoms with van der Waals surface area (Å²) < 4.78 is 47.9. The van der Waals surface area contributed by atoms with Crippen LogP contribution in [0.15, 0.2) is 48.5 Å². The third-order valence-electron chi connectivity index (χ3n) is 5.06. The number of benzene rings is 2. The van der Waals surface area contributed by atoms with E-state index in [-0.39, 0.29) is 17.8 Å². The van der Waals surface area contributed by atoms with Crippen LogP contribution in [-0.2, 0) is 6.54 Å². The number of nitrogens with one attached hydrogen (secondary N) is 4. The normalized spacial score (nSPS) is 11.1. The van der Waals surface area contributed by atoms with Gasteiger partial charge in [0.1, 0.15) is 5.75 Å². The van der Waals surface area contributed by atoms with Crippen molar-refractivity contribution in [3.05, 3.63) is 59.7 Å². The van der Waals surface area contributed by atoms with E-state index in [4.69, 9.17) is 9.47 Å². The Morgan fingerprint density at radius 3 is 2.32 bits per heavy atom. The van der Waals surface area contributed by atoms with Gasteiger partial charge in [-0.3, -0.25) is 4.79 Å². The lowest BCUT2D eigenvalue weighted by molar-refractivity contribution is -0.154. The predicted molar refractivity (Wildman–Crippen MR) is 137 cm³/mol. The van der Waals surface area contributed by atoms with Crippen LogP contribution in [-0.4, -0.2) is 60.4 Å². The molecule has 0 aliphatic heterocycles. The fraction of sp³-hybridized carbons (Fsp3) is 0.360. The first-order chi connectivity index (χ1) is 18.3. The Morgan fingerprint density at radius 2 is 1.66 bits per heavy atom. The van der Waals surface area contributed by atoms with E-state index in [1.54, 1.807) is 43.5 Å². The second-order valence-electron chi connectivity index (χ2n) is 8.04. The number of halogens is 3. The first-order valence-electron chi connectivity index (χ1n) is 11.9. The monoisotopic (exact) mass is 533 g/mol. The number of rotatable bonds is 14. The zero-order valence-corrected chi connectivity index (χ0v) is 21.1. The molecule has 0 spiro atoms. The molecular weight excluding hydrogens is 503 g/mol. The molecule has 0 fully saturated rings. The smallest absolute Gasteiger partial charge is 0.422 e. The SMILES string of the molecule is CCNCCCNC(=O)c1ccc(Nc2nc(NCc3ccc(OC)cc3)nc(OCC(F)(F)F)n2)cc1. The van der Waals surface area contributed by atoms with Crippen LogP contribution in [0.25, 0.3) is 0 Å². The number of carbonyl (C=O) groups excluding carboxylic acids is 1. The van der Waals surface area contributed by atoms with Gasteiger partial charge < -0.3 is 30.7 Å². The van der Waals surface area contributed by atoms with Crippen molar-refractivity contribution in [1.29, 1.82) is 0 Å². The molecule has 3 aromatic rings. The Kier molecular flexibility index (Phi) is 10.5. The third kappa shape index (κ3) is 9.73. The average molecular weight is 534 g/mol. The summed E-state index contributed by atoms with van der Waals surface area (Å²) in [7, 11) is 1.56. The largest absolute Gasteiger partial charge is 0.497 e. The molecule has 2 aromatic carbocycles. The number of hydrogen-bond acceptors (Lipinski definition) is 9. The van der Waals surface area contributed by atoms with E-state index in [2.05, 4.69) is 36.2 Å². The maximum atomic E-state index is 12.7. The van der Waals surface area contributed by atoms with Crippen molar-refractivity contribution >= 4 is 23.5 Å². The zero-order valence-electron chi connectivity index (χ0n) is 21.1. The number of nitrogens with zero attached hydrogens (tertiary/aromatic N) is 3. The van der Waals surface area contributed by atoms with Crippen LogP contribution in [0.2, 0.25) is 0 Å². The molecule has 0 atom stereocenters. The van der Waals surface area contributed by atoms with E-state index in [1.165, 1.54) is 0 Å². The molecular formula is C25H30F3N7O3. The van der Waals surface area contributed by atoms with Gasteiger partial charge in [0.2, 0.25) is 11.9 Å². The van der Waals surface area contributed by atoms with E-state index in [1.807, 2.05) is 19.1 Å². The highest BCUT2D eigenvalue weighted by atomic mass is 19.4. The minimum Gasteiger partial charge on any atom is -0.497 e. The first kappa shape index (κ1) is 28.4. The minimum absolute atomic E-state index is 0.0176. The Labute approximate surface area is 218 Å². The van der Waals surface area contributed by atoms with E-state index in [0.29, 0.717) is 30.1 Å². The summed E-state index contributed by atoms with van der Waals surface area (Å²) >= 11 is 0. The summed E-state index contributed by atoms with van der Waals surface area (Å²) in [5.41, 5.74) is 1.85. The number of amides is 1. The number of alkyl halides is 3. The molecule has 1 amide bonds. The molecule has 0 radical (unpaired) electrons. The lowest BCUT2D eigenvalue weighted by Gasteiger charge is -2.12. The Bertz CT molecular complexity index is 1160. The van der Waals surface area contributed by atoms with E-state index in [9.17, 15) is 18.0 Å². The average Bonchev–Trinajstić information content (AvgIpc) is 2.91. The number of aromatic nitrogens is 3. The van der Waals surface area contributed by atoms with Gasteiger partial charge in [0, 0.05) is 24.3 Å². The van der Waals surface area contributed by atoms with Crippen LogP contribution in [0.5, 0.6) is 11.8 Å². The Hall–Kier alpha value is -4.13. The van der Waals surface area contributed by atoms with Crippen LogP contribution < -0.4 is 30.7 Å². The van der Waals surface area contributed by atoms with Crippen LogP contribution >= 0.6 is 0 Å². The van der Waals surface area contributed by atoms with Gasteiger partial charge in [0.15, 0.2) is 6.61 Å². The highest BCUT2D eigenvalue weighted by molar-refractivity contribution is 5.94. The molecule has 38 heavy (non-hydrogen) atoms. The lowest BCUT2D eigenvalue weighted by atomic mass is 10.2. The predicted octanol–water partition coefficient (Wildman–Crippen LogP) is 3.91. The van der Waals surface area contributed by atoms with Crippen molar-refractivity contribution in [2.75, 3.05) is 44.0 Å². The number of anilines is 3. The fourth-order valence-electron chi connectivity index (χ4n) is 3.16. The third-order valence-corrected chi connectivity index (χ3v) is 5.06. The van der Waals surface area contributed by atoms with Gasteiger partial charge in [-0.1, -0.05) is 19.1 Å². The molecule has 1 heterocycles. The molecule has 0 bridgehead atoms. The molecule has 3 rings (SSSR count). The summed E-state index contributed by atoms with van der Waals surface area (Å²) in [6, 6.07) is 13.2. The minimum atomic E-state index is -4.56. The molecule has 4 N–H and O–H groups in total. The Balaban J connectivity index is 1.67. The van der Waals surface area contributed by atoms with Crippen LogP contribution in [0.1, 0.15) is 29.3 Å². The topological polar surface area (TPSA) is 122 Å². The number of methoxy groups -OCH3 is 1. The van der Waals surface area contributed by atoms with Gasteiger partial charge in [0.05, 0.1) is 7.11 Å². The highest BCUT2D eigenvalue weighted by Gasteiger charge is 2.29. The van der Waals surface area contributed by atoms with Gasteiger partial charge in [-0.05, 0) is 61.5 Å². The molecule has 10 nitrogen and oxygen atoms in total. The van der Waals surface area contributed by atoms with Crippen molar-refractivity contribution in [1.82, 2.24) is 25.6 Å². The molecule has 0 unspecified atom stereocenters. The van der Waals surface area contributed by atoms with Crippen LogP contribution in [0, 0.1) is 0 Å². The van der Waals surface area contributed by atoms with E-state index < -0.39 is 18.8 Å². The van der Waals surface area contributed by atoms with Gasteiger partial charge in [-0.15, -0.1) is 0 Å². The van der Waals surface area contributed by atoms with Gasteiger partial charge >= 0.3 is 12.2 Å². The molecule has 204 valence electrons. The molecule has 0 saturated heterocycles. The lowest BCUT2D eigenvalue weighted by Crippen LogP contribution is -2.27. The van der Waals surface area contributed by atoms with Crippen LogP contribution in [0.3, 0.4) is 0 Å². The van der Waals surface area contributed by atoms with Crippen molar-refractivity contribution in [2.24, 2.45) is 0 Å². The first-order valence-corrected chi connectivity index (χ1v) is 11.9. The second-order valence-corrected chi connectivity index (χ2v) is 8.04. The zero-order chi connectivity index (χ0) is 27.4. The maximum absolute atomic E-state index is 12.7. The summed E-state index contributed by atoms with van der Waals surface area (Å²) in [4.78, 5) is 24.4. The molecule has 1 aromatic heterocycles. The maximum Gasteiger partial charge on any atom is 0.422 e. The number of hydrogen-bond donors (Lipinski definition) is 4. The summed E-state index contributed by atoms with van der Waals surface area (Å²) in [5, 5.41) is 11.9. The molecule has 0 saturated carbocycles. The van der Waals surface area contributed by atoms with Gasteiger partial charge in [-0.25, -0.2) is 0 Å². The summed E-state index contributed by atoms with van der Waals surface area (Å²) in [6.45, 7) is 3.00. The molecule has 13 heteroatoms. The van der Waals surface area contributed by atoms with Gasteiger partial charge in [0.25, 0.3) is 5.91 Å². The van der Waals surface area contributed by atoms with Crippen molar-refractivity contribution in [3.63, 3.8) is 0 Å². The number of carbonyl (C=O) groups is 1. The standard InChI is InChI=1S/C25H30F3N7O3/c1-3-29-13-4-14-30-21(36)18-7-9-19(10-8-18)32-23-33-22(34-24(35-23)38-16-25(26,27)28)31-15-17-5-11-20(37-2)12-6-17/h5-12,29H,3-4,13-16H2,1-2H3,(H,30,36)(H2,31,32,33,34,35). The van der Waals surface area contributed by atoms with Crippen molar-refractivity contribution in [2.45, 2.75) is 26.1 Å². The second kappa shape index (κ2) is 14.0. The van der Waals surface area contributed by atoms with E-state index in [0.717, 1.165) is 25.1 Å². The summed E-state index contributed by atoms with van der Waals surface area (Å²) in [5.74, 6) is 0.469. The highest BCUT2D eigenvalue weighted by Crippen LogP contribution is 2.21. The quantitative estimate of drug-likeness (QED) is 0.229. The van der Waals surface area contributed by atoms with E-state index >= 15 is 0 Å². The number of ether oxygens (including phenoxy) is 2.